The lowest BCUT2D eigenvalue weighted by Crippen LogP contribution is -2.35. The van der Waals surface area contributed by atoms with Gasteiger partial charge in [0.15, 0.2) is 0 Å². The number of hydrogen-bond acceptors (Lipinski definition) is 3. The van der Waals surface area contributed by atoms with Crippen LogP contribution in [-0.2, 0) is 6.54 Å². The number of carbonyl (C=O) groups is 1. The lowest BCUT2D eigenvalue weighted by atomic mass is 10.2. The van der Waals surface area contributed by atoms with E-state index in [1.54, 1.807) is 24.4 Å². The molecule has 0 bridgehead atoms. The number of pyridine rings is 1. The van der Waals surface area contributed by atoms with Gasteiger partial charge in [0.1, 0.15) is 11.0 Å². The highest BCUT2D eigenvalue weighted by Crippen LogP contribution is 2.13. The van der Waals surface area contributed by atoms with Crippen LogP contribution in [0.5, 0.6) is 0 Å². The zero-order chi connectivity index (χ0) is 16.9. The fourth-order valence-electron chi connectivity index (χ4n) is 2.87. The lowest BCUT2D eigenvalue weighted by Gasteiger charge is -2.22. The maximum atomic E-state index is 13.0. The summed E-state index contributed by atoms with van der Waals surface area (Å²) in [5, 5.41) is 0.491. The van der Waals surface area contributed by atoms with Crippen LogP contribution in [0.25, 0.3) is 0 Å². The maximum Gasteiger partial charge on any atom is 0.253 e. The van der Waals surface area contributed by atoms with E-state index in [1.165, 1.54) is 12.1 Å². The molecule has 126 valence electrons. The molecule has 24 heavy (non-hydrogen) atoms. The summed E-state index contributed by atoms with van der Waals surface area (Å²) in [6.07, 6.45) is 2.70. The average molecular weight is 348 g/mol. The summed E-state index contributed by atoms with van der Waals surface area (Å²) in [6, 6.07) is 9.50. The van der Waals surface area contributed by atoms with E-state index in [9.17, 15) is 9.18 Å². The second-order valence-electron chi connectivity index (χ2n) is 5.92. The van der Waals surface area contributed by atoms with Gasteiger partial charge in [-0.05, 0) is 42.3 Å². The first-order valence-corrected chi connectivity index (χ1v) is 8.37. The van der Waals surface area contributed by atoms with Crippen LogP contribution in [0, 0.1) is 5.82 Å². The molecule has 0 N–H and O–H groups in total. The van der Waals surface area contributed by atoms with Crippen molar-refractivity contribution in [2.45, 2.75) is 13.0 Å². The molecule has 1 amide bonds. The molecule has 0 aliphatic carbocycles. The van der Waals surface area contributed by atoms with Crippen LogP contribution in [0.4, 0.5) is 4.39 Å². The molecule has 0 radical (unpaired) electrons. The van der Waals surface area contributed by atoms with E-state index in [-0.39, 0.29) is 11.7 Å². The summed E-state index contributed by atoms with van der Waals surface area (Å²) in [7, 11) is 0. The zero-order valence-corrected chi connectivity index (χ0v) is 14.0. The van der Waals surface area contributed by atoms with Crippen LogP contribution < -0.4 is 0 Å². The first-order chi connectivity index (χ1) is 11.6. The molecule has 1 aliphatic rings. The summed E-state index contributed by atoms with van der Waals surface area (Å²) in [4.78, 5) is 20.8. The Bertz CT molecular complexity index is 690. The Balaban J connectivity index is 1.59. The molecule has 2 aromatic rings. The largest absolute Gasteiger partial charge is 0.337 e. The topological polar surface area (TPSA) is 36.4 Å². The standard InChI is InChI=1S/C18H19ClFN3O/c19-17-7-2-14(12-21-17)13-22-8-1-9-23(11-10-22)18(24)15-3-5-16(20)6-4-15/h2-7,12H,1,8-11,13H2. The molecule has 0 unspecified atom stereocenters. The fourth-order valence-corrected chi connectivity index (χ4v) is 2.98. The van der Waals surface area contributed by atoms with Crippen LogP contribution >= 0.6 is 11.6 Å². The third-order valence-electron chi connectivity index (χ3n) is 4.16. The van der Waals surface area contributed by atoms with Crippen molar-refractivity contribution < 1.29 is 9.18 Å². The molecular formula is C18H19ClFN3O. The van der Waals surface area contributed by atoms with Crippen molar-refractivity contribution in [1.82, 2.24) is 14.8 Å². The Morgan fingerprint density at radius 1 is 1.08 bits per heavy atom. The highest BCUT2D eigenvalue weighted by atomic mass is 35.5. The zero-order valence-electron chi connectivity index (χ0n) is 13.3. The summed E-state index contributed by atoms with van der Waals surface area (Å²) in [5.74, 6) is -0.366. The van der Waals surface area contributed by atoms with E-state index in [2.05, 4.69) is 9.88 Å². The number of halogens is 2. The smallest absolute Gasteiger partial charge is 0.253 e. The molecule has 1 saturated heterocycles. The molecule has 0 saturated carbocycles. The van der Waals surface area contributed by atoms with Crippen LogP contribution in [0.2, 0.25) is 5.15 Å². The molecule has 1 aromatic carbocycles. The van der Waals surface area contributed by atoms with Crippen LogP contribution in [0.15, 0.2) is 42.6 Å². The van der Waals surface area contributed by atoms with Gasteiger partial charge in [-0.1, -0.05) is 17.7 Å². The molecule has 3 rings (SSSR count). The minimum Gasteiger partial charge on any atom is -0.337 e. The minimum atomic E-state index is -0.329. The molecular weight excluding hydrogens is 329 g/mol. The summed E-state index contributed by atoms with van der Waals surface area (Å²) < 4.78 is 13.0. The van der Waals surface area contributed by atoms with Gasteiger partial charge in [0.25, 0.3) is 5.91 Å². The third kappa shape index (κ3) is 4.30. The molecule has 1 aliphatic heterocycles. The van der Waals surface area contributed by atoms with Crippen molar-refractivity contribution in [2.24, 2.45) is 0 Å². The van der Waals surface area contributed by atoms with E-state index in [1.807, 2.05) is 11.0 Å². The molecule has 0 atom stereocenters. The van der Waals surface area contributed by atoms with Crippen molar-refractivity contribution >= 4 is 17.5 Å². The van der Waals surface area contributed by atoms with Gasteiger partial charge in [0, 0.05) is 44.5 Å². The number of aromatic nitrogens is 1. The van der Waals surface area contributed by atoms with Gasteiger partial charge in [-0.25, -0.2) is 9.37 Å². The normalized spacial score (nSPS) is 16.0. The number of carbonyl (C=O) groups excluding carboxylic acids is 1. The maximum absolute atomic E-state index is 13.0. The van der Waals surface area contributed by atoms with Gasteiger partial charge >= 0.3 is 0 Å². The summed E-state index contributed by atoms with van der Waals surface area (Å²) in [5.41, 5.74) is 1.64. The second kappa shape index (κ2) is 7.73. The predicted molar refractivity (Wildman–Crippen MR) is 91.4 cm³/mol. The monoisotopic (exact) mass is 347 g/mol. The highest BCUT2D eigenvalue weighted by Gasteiger charge is 2.20. The number of hydrogen-bond donors (Lipinski definition) is 0. The molecule has 4 nitrogen and oxygen atoms in total. The molecule has 1 aromatic heterocycles. The van der Waals surface area contributed by atoms with Crippen LogP contribution in [-0.4, -0.2) is 46.9 Å². The Morgan fingerprint density at radius 2 is 1.88 bits per heavy atom. The van der Waals surface area contributed by atoms with Crippen LogP contribution in [0.3, 0.4) is 0 Å². The third-order valence-corrected chi connectivity index (χ3v) is 4.39. The van der Waals surface area contributed by atoms with E-state index in [0.717, 1.165) is 31.6 Å². The first kappa shape index (κ1) is 16.9. The molecule has 0 spiro atoms. The Morgan fingerprint density at radius 3 is 2.58 bits per heavy atom. The van der Waals surface area contributed by atoms with E-state index in [4.69, 9.17) is 11.6 Å². The second-order valence-corrected chi connectivity index (χ2v) is 6.31. The van der Waals surface area contributed by atoms with Crippen molar-refractivity contribution in [3.63, 3.8) is 0 Å². The van der Waals surface area contributed by atoms with Crippen molar-refractivity contribution in [1.29, 1.82) is 0 Å². The van der Waals surface area contributed by atoms with Crippen molar-refractivity contribution in [3.05, 3.63) is 64.7 Å². The number of nitrogens with zero attached hydrogens (tertiary/aromatic N) is 3. The molecule has 1 fully saturated rings. The number of amides is 1. The van der Waals surface area contributed by atoms with E-state index >= 15 is 0 Å². The van der Waals surface area contributed by atoms with Gasteiger partial charge in [-0.2, -0.15) is 0 Å². The summed E-state index contributed by atoms with van der Waals surface area (Å²) in [6.45, 7) is 3.90. The first-order valence-electron chi connectivity index (χ1n) is 7.99. The number of benzene rings is 1. The van der Waals surface area contributed by atoms with Gasteiger partial charge in [0.05, 0.1) is 0 Å². The Hall–Kier alpha value is -1.98. The quantitative estimate of drug-likeness (QED) is 0.800. The predicted octanol–water partition coefficient (Wildman–Crippen LogP) is 3.22. The molecule has 6 heteroatoms. The van der Waals surface area contributed by atoms with Gasteiger partial charge in [-0.15, -0.1) is 0 Å². The van der Waals surface area contributed by atoms with E-state index in [0.29, 0.717) is 23.8 Å². The highest BCUT2D eigenvalue weighted by molar-refractivity contribution is 6.29. The Kier molecular flexibility index (Phi) is 5.43. The SMILES string of the molecule is O=C(c1ccc(F)cc1)N1CCCN(Cc2ccc(Cl)nc2)CC1. The number of rotatable bonds is 3. The Labute approximate surface area is 145 Å². The van der Waals surface area contributed by atoms with Gasteiger partial charge in [-0.3, -0.25) is 9.69 Å². The van der Waals surface area contributed by atoms with Gasteiger partial charge < -0.3 is 4.90 Å². The minimum absolute atomic E-state index is 0.0370. The van der Waals surface area contributed by atoms with Crippen molar-refractivity contribution in [3.8, 4) is 0 Å². The van der Waals surface area contributed by atoms with Gasteiger partial charge in [0.2, 0.25) is 0 Å². The average Bonchev–Trinajstić information content (AvgIpc) is 2.83. The fraction of sp³-hybridized carbons (Fsp3) is 0.333. The van der Waals surface area contributed by atoms with Crippen molar-refractivity contribution in [2.75, 3.05) is 26.2 Å². The lowest BCUT2D eigenvalue weighted by molar-refractivity contribution is 0.0761. The summed E-state index contributed by atoms with van der Waals surface area (Å²) >= 11 is 5.81. The molecule has 2 heterocycles. The van der Waals surface area contributed by atoms with E-state index < -0.39 is 0 Å². The van der Waals surface area contributed by atoms with Crippen LogP contribution in [0.1, 0.15) is 22.3 Å².